The topological polar surface area (TPSA) is 55.1 Å². The molecule has 3 nitrogen and oxygen atoms in total. The normalized spacial score (nSPS) is 12.0. The molecule has 0 aliphatic carbocycles. The summed E-state index contributed by atoms with van der Waals surface area (Å²) in [5.74, 6) is -0.872. The number of rotatable bonds is 3. The summed E-state index contributed by atoms with van der Waals surface area (Å²) < 4.78 is 14.6. The molecule has 2 aromatic rings. The average Bonchev–Trinajstić information content (AvgIpc) is 2.43. The van der Waals surface area contributed by atoms with Crippen LogP contribution in [-0.2, 0) is 0 Å². The monoisotopic (exact) mass is 414 g/mol. The molecule has 0 saturated heterocycles. The molecule has 0 bridgehead atoms. The number of benzene rings is 2. The van der Waals surface area contributed by atoms with Crippen molar-refractivity contribution < 1.29 is 9.18 Å². The first-order valence-electron chi connectivity index (χ1n) is 6.19. The molecule has 0 aliphatic heterocycles. The fourth-order valence-corrected chi connectivity index (χ4v) is 2.61. The summed E-state index contributed by atoms with van der Waals surface area (Å²) in [5, 5.41) is 2.86. The van der Waals surface area contributed by atoms with Crippen LogP contribution < -0.4 is 11.1 Å². The summed E-state index contributed by atoms with van der Waals surface area (Å²) in [6.45, 7) is 1.88. The molecule has 0 fully saturated rings. The van der Waals surface area contributed by atoms with Gasteiger partial charge in [0.25, 0.3) is 5.91 Å². The highest BCUT2D eigenvalue weighted by molar-refractivity contribution is 9.10. The van der Waals surface area contributed by atoms with E-state index in [1.165, 1.54) is 12.1 Å². The Bertz CT molecular complexity index is 674. The van der Waals surface area contributed by atoms with E-state index >= 15 is 0 Å². The Kier molecular flexibility index (Phi) is 5.00. The molecule has 2 rings (SSSR count). The van der Waals surface area contributed by atoms with E-state index in [0.29, 0.717) is 10.0 Å². The number of halogens is 3. The molecule has 21 heavy (non-hydrogen) atoms. The molecule has 6 heteroatoms. The Balaban J connectivity index is 2.18. The molecule has 1 atom stereocenters. The number of carbonyl (C=O) groups excluding carboxylic acids is 1. The summed E-state index contributed by atoms with van der Waals surface area (Å²) in [5.41, 5.74) is 6.72. The van der Waals surface area contributed by atoms with Crippen molar-refractivity contribution >= 4 is 43.5 Å². The van der Waals surface area contributed by atoms with E-state index < -0.39 is 5.82 Å². The van der Waals surface area contributed by atoms with E-state index in [9.17, 15) is 9.18 Å². The number of nitrogen functional groups attached to an aromatic ring is 1. The second-order valence-corrected chi connectivity index (χ2v) is 6.37. The lowest BCUT2D eigenvalue weighted by atomic mass is 10.1. The Morgan fingerprint density at radius 3 is 2.48 bits per heavy atom. The number of nitrogens with two attached hydrogens (primary N) is 1. The van der Waals surface area contributed by atoms with Gasteiger partial charge >= 0.3 is 0 Å². The molecule has 0 saturated carbocycles. The molecule has 0 unspecified atom stereocenters. The van der Waals surface area contributed by atoms with Crippen LogP contribution in [0, 0.1) is 5.82 Å². The molecule has 3 N–H and O–H groups in total. The molecule has 1 amide bonds. The fourth-order valence-electron chi connectivity index (χ4n) is 1.85. The second kappa shape index (κ2) is 6.58. The first-order chi connectivity index (χ1) is 9.88. The Morgan fingerprint density at radius 1 is 1.24 bits per heavy atom. The third-order valence-corrected chi connectivity index (χ3v) is 4.23. The van der Waals surface area contributed by atoms with Gasteiger partial charge in [-0.1, -0.05) is 28.1 Å². The van der Waals surface area contributed by atoms with E-state index in [2.05, 4.69) is 37.2 Å². The van der Waals surface area contributed by atoms with E-state index in [1.807, 2.05) is 31.2 Å². The lowest BCUT2D eigenvalue weighted by Gasteiger charge is -2.15. The highest BCUT2D eigenvalue weighted by Crippen LogP contribution is 2.24. The Hall–Kier alpha value is -1.40. The zero-order valence-electron chi connectivity index (χ0n) is 11.2. The van der Waals surface area contributed by atoms with Gasteiger partial charge < -0.3 is 11.1 Å². The second-order valence-electron chi connectivity index (χ2n) is 4.60. The van der Waals surface area contributed by atoms with Gasteiger partial charge in [0.05, 0.1) is 17.3 Å². The highest BCUT2D eigenvalue weighted by atomic mass is 79.9. The molecule has 0 aromatic heterocycles. The number of carbonyl (C=O) groups is 1. The average molecular weight is 416 g/mol. The molecule has 0 spiro atoms. The van der Waals surface area contributed by atoms with Gasteiger partial charge in [0, 0.05) is 8.95 Å². The maximum Gasteiger partial charge on any atom is 0.252 e. The van der Waals surface area contributed by atoms with Crippen LogP contribution in [0.15, 0.2) is 45.3 Å². The van der Waals surface area contributed by atoms with Gasteiger partial charge in [0.2, 0.25) is 0 Å². The molecule has 2 aromatic carbocycles. The quantitative estimate of drug-likeness (QED) is 0.728. The molecular formula is C15H13Br2FN2O. The van der Waals surface area contributed by atoms with Crippen molar-refractivity contribution in [1.82, 2.24) is 5.32 Å². The van der Waals surface area contributed by atoms with Crippen LogP contribution in [0.2, 0.25) is 0 Å². The number of amides is 1. The van der Waals surface area contributed by atoms with Gasteiger partial charge in [-0.2, -0.15) is 0 Å². The number of anilines is 1. The van der Waals surface area contributed by atoms with E-state index in [0.717, 1.165) is 10.0 Å². The van der Waals surface area contributed by atoms with Gasteiger partial charge in [0.15, 0.2) is 0 Å². The van der Waals surface area contributed by atoms with E-state index in [4.69, 9.17) is 5.73 Å². The zero-order valence-corrected chi connectivity index (χ0v) is 14.3. The minimum Gasteiger partial charge on any atom is -0.396 e. The smallest absolute Gasteiger partial charge is 0.252 e. The number of hydrogen-bond acceptors (Lipinski definition) is 2. The van der Waals surface area contributed by atoms with Gasteiger partial charge in [0.1, 0.15) is 5.82 Å². The van der Waals surface area contributed by atoms with Crippen LogP contribution in [0.5, 0.6) is 0 Å². The minimum atomic E-state index is -0.556. The van der Waals surface area contributed by atoms with Gasteiger partial charge in [-0.15, -0.1) is 0 Å². The van der Waals surface area contributed by atoms with Crippen LogP contribution in [0.3, 0.4) is 0 Å². The molecule has 0 radical (unpaired) electrons. The Labute approximate surface area is 139 Å². The summed E-state index contributed by atoms with van der Waals surface area (Å²) in [6.07, 6.45) is 0. The number of nitrogens with one attached hydrogen (secondary N) is 1. The molecule has 110 valence electrons. The minimum absolute atomic E-state index is 0.0559. The Morgan fingerprint density at radius 2 is 1.86 bits per heavy atom. The van der Waals surface area contributed by atoms with Crippen molar-refractivity contribution in [1.29, 1.82) is 0 Å². The molecular weight excluding hydrogens is 403 g/mol. The number of hydrogen-bond donors (Lipinski definition) is 2. The maximum atomic E-state index is 13.3. The summed E-state index contributed by atoms with van der Waals surface area (Å²) in [4.78, 5) is 12.3. The van der Waals surface area contributed by atoms with Crippen LogP contribution in [0.25, 0.3) is 0 Å². The standard InChI is InChI=1S/C15H13Br2FN2O/c1-8(9-2-4-10(16)5-3-9)20-15(21)11-6-14(19)13(18)7-12(11)17/h2-8H,19H2,1H3,(H,20,21)/t8-/m0/s1. The van der Waals surface area contributed by atoms with Gasteiger partial charge in [-0.05, 0) is 52.7 Å². The first kappa shape index (κ1) is 16.0. The van der Waals surface area contributed by atoms with Gasteiger partial charge in [-0.25, -0.2) is 4.39 Å². The third kappa shape index (κ3) is 3.83. The maximum absolute atomic E-state index is 13.3. The van der Waals surface area contributed by atoms with Crippen molar-refractivity contribution in [2.24, 2.45) is 0 Å². The van der Waals surface area contributed by atoms with Crippen LogP contribution in [0.4, 0.5) is 10.1 Å². The molecule has 0 aliphatic rings. The SMILES string of the molecule is C[C@H](NC(=O)c1cc(N)c(F)cc1Br)c1ccc(Br)cc1. The fraction of sp³-hybridized carbons (Fsp3) is 0.133. The third-order valence-electron chi connectivity index (χ3n) is 3.05. The lowest BCUT2D eigenvalue weighted by Crippen LogP contribution is -2.27. The lowest BCUT2D eigenvalue weighted by molar-refractivity contribution is 0.0939. The largest absolute Gasteiger partial charge is 0.396 e. The van der Waals surface area contributed by atoms with Crippen molar-refractivity contribution in [3.05, 3.63) is 62.3 Å². The van der Waals surface area contributed by atoms with E-state index in [1.54, 1.807) is 0 Å². The van der Waals surface area contributed by atoms with Crippen molar-refractivity contribution in [2.75, 3.05) is 5.73 Å². The van der Waals surface area contributed by atoms with Crippen molar-refractivity contribution in [3.63, 3.8) is 0 Å². The van der Waals surface area contributed by atoms with Crippen LogP contribution in [-0.4, -0.2) is 5.91 Å². The zero-order chi connectivity index (χ0) is 15.6. The highest BCUT2D eigenvalue weighted by Gasteiger charge is 2.16. The van der Waals surface area contributed by atoms with Crippen LogP contribution in [0.1, 0.15) is 28.9 Å². The first-order valence-corrected chi connectivity index (χ1v) is 7.78. The predicted molar refractivity (Wildman–Crippen MR) is 88.5 cm³/mol. The molecule has 0 heterocycles. The van der Waals surface area contributed by atoms with E-state index in [-0.39, 0.29) is 17.6 Å². The van der Waals surface area contributed by atoms with Crippen molar-refractivity contribution in [2.45, 2.75) is 13.0 Å². The summed E-state index contributed by atoms with van der Waals surface area (Å²) in [6, 6.07) is 9.99. The van der Waals surface area contributed by atoms with Crippen LogP contribution >= 0.6 is 31.9 Å². The summed E-state index contributed by atoms with van der Waals surface area (Å²) in [7, 11) is 0. The summed E-state index contributed by atoms with van der Waals surface area (Å²) >= 11 is 6.54. The predicted octanol–water partition coefficient (Wildman–Crippen LogP) is 4.42. The van der Waals surface area contributed by atoms with Gasteiger partial charge in [-0.3, -0.25) is 4.79 Å². The van der Waals surface area contributed by atoms with Crippen molar-refractivity contribution in [3.8, 4) is 0 Å².